The highest BCUT2D eigenvalue weighted by Gasteiger charge is 2.29. The van der Waals surface area contributed by atoms with Gasteiger partial charge in [-0.2, -0.15) is 0 Å². The van der Waals surface area contributed by atoms with E-state index in [4.69, 9.17) is 18.9 Å². The molecule has 2 amide bonds. The van der Waals surface area contributed by atoms with Crippen LogP contribution in [0.3, 0.4) is 0 Å². The summed E-state index contributed by atoms with van der Waals surface area (Å²) >= 11 is 3.36. The minimum Gasteiger partial charge on any atom is -0.455 e. The van der Waals surface area contributed by atoms with Gasteiger partial charge in [0, 0.05) is 102 Å². The van der Waals surface area contributed by atoms with Gasteiger partial charge >= 0.3 is 7.12 Å². The first kappa shape index (κ1) is 61.4. The van der Waals surface area contributed by atoms with Crippen molar-refractivity contribution in [2.75, 3.05) is 49.3 Å². The summed E-state index contributed by atoms with van der Waals surface area (Å²) in [5, 5.41) is 39.8. The van der Waals surface area contributed by atoms with Crippen molar-refractivity contribution in [1.29, 1.82) is 0 Å². The van der Waals surface area contributed by atoms with E-state index in [0.717, 1.165) is 21.1 Å². The molecule has 28 heteroatoms. The largest absolute Gasteiger partial charge is 0.488 e. The molecule has 12 aromatic rings. The highest BCUT2D eigenvalue weighted by Crippen LogP contribution is 2.44. The van der Waals surface area contributed by atoms with Gasteiger partial charge in [-0.1, -0.05) is 12.1 Å². The smallest absolute Gasteiger partial charge is 0.455 e. The van der Waals surface area contributed by atoms with E-state index in [0.29, 0.717) is 94.0 Å². The Morgan fingerprint density at radius 2 is 0.886 bits per heavy atom. The van der Waals surface area contributed by atoms with Crippen LogP contribution in [0.5, 0.6) is 0 Å². The van der Waals surface area contributed by atoms with E-state index in [9.17, 15) is 44.0 Å². The number of hydrogen-bond acceptors (Lipinski definition) is 14. The Kier molecular flexibility index (Phi) is 17.1. The van der Waals surface area contributed by atoms with Crippen LogP contribution in [-0.2, 0) is 20.0 Å². The van der Waals surface area contributed by atoms with Gasteiger partial charge in [0.05, 0.1) is 35.0 Å². The maximum Gasteiger partial charge on any atom is 0.488 e. The van der Waals surface area contributed by atoms with Gasteiger partial charge in [-0.25, -0.2) is 34.4 Å². The maximum atomic E-state index is 13.7. The molecule has 0 aliphatic rings. The number of furan rings is 2. The van der Waals surface area contributed by atoms with Crippen molar-refractivity contribution in [3.05, 3.63) is 197 Å². The van der Waals surface area contributed by atoms with Crippen molar-refractivity contribution >= 4 is 105 Å². The molecule has 12 rings (SSSR count). The summed E-state index contributed by atoms with van der Waals surface area (Å²) < 4.78 is 122. The van der Waals surface area contributed by atoms with Gasteiger partial charge in [-0.05, 0) is 143 Å². The molecule has 0 bridgehead atoms. The van der Waals surface area contributed by atoms with Crippen molar-refractivity contribution < 1.29 is 62.9 Å². The van der Waals surface area contributed by atoms with Gasteiger partial charge in [0.15, 0.2) is 17.1 Å². The number of hydrogen-bond donors (Lipinski definition) is 4. The van der Waals surface area contributed by atoms with Crippen LogP contribution in [0.1, 0.15) is 20.7 Å². The summed E-state index contributed by atoms with van der Waals surface area (Å²) in [5.41, 5.74) is 6.94. The molecule has 0 unspecified atom stereocenters. The summed E-state index contributed by atoms with van der Waals surface area (Å²) in [6.45, 7) is 0. The van der Waals surface area contributed by atoms with Gasteiger partial charge < -0.3 is 29.5 Å². The number of aromatic nitrogens is 6. The highest BCUT2D eigenvalue weighted by atomic mass is 79.9. The van der Waals surface area contributed by atoms with Gasteiger partial charge in [0.25, 0.3) is 11.8 Å². The Bertz CT molecular complexity index is 4900. The second-order valence-corrected chi connectivity index (χ2v) is 24.4. The lowest BCUT2D eigenvalue weighted by Gasteiger charge is -2.21. The molecule has 0 saturated carbocycles. The zero-order chi connectivity index (χ0) is 63.1. The average Bonchev–Trinajstić information content (AvgIpc) is 1.73. The molecule has 88 heavy (non-hydrogen) atoms. The first-order valence-corrected chi connectivity index (χ1v) is 30.6. The number of nitrogens with one attached hydrogen (secondary N) is 2. The molecular formula is C60H48BBrF4N10O10S2. The number of nitrogens with zero attached hydrogens (tertiary/aromatic N) is 8. The number of fused-ring (bicyclic) bond motifs is 4. The zero-order valence-electron chi connectivity index (χ0n) is 47.0. The SMILES string of the molecule is CNC(=O)c1c(-c2ccc(F)cc2)oc2cc(N(C)S(C)(=O)=O)c(-c3ccc4nnc(-c5ccc(F)cc5)n4c3)cc12.CNC(=O)c1c(-c2ccc(F)cc2)oc2cc(N(C)S(C)(=O)=O)c(-c3ccc4nnc(Br)n4c3)cc12.OB(O)c1ccc(F)cc1. The van der Waals surface area contributed by atoms with Gasteiger partial charge in [-0.15, -0.1) is 20.4 Å². The van der Waals surface area contributed by atoms with Crippen LogP contribution in [0.25, 0.3) is 89.5 Å². The van der Waals surface area contributed by atoms with Crippen LogP contribution < -0.4 is 24.7 Å². The molecule has 0 spiro atoms. The third kappa shape index (κ3) is 12.5. The quantitative estimate of drug-likeness (QED) is 0.0656. The second kappa shape index (κ2) is 24.6. The van der Waals surface area contributed by atoms with Crippen LogP contribution >= 0.6 is 15.9 Å². The summed E-state index contributed by atoms with van der Waals surface area (Å²) in [5.74, 6) is -1.57. The first-order valence-electron chi connectivity index (χ1n) is 26.1. The average molecular weight is 1300 g/mol. The molecule has 20 nitrogen and oxygen atoms in total. The predicted octanol–water partition coefficient (Wildman–Crippen LogP) is 9.48. The van der Waals surface area contributed by atoms with E-state index in [1.165, 1.54) is 113 Å². The maximum absolute atomic E-state index is 13.7. The highest BCUT2D eigenvalue weighted by molar-refractivity contribution is 9.10. The molecule has 4 N–H and O–H groups in total. The second-order valence-electron chi connectivity index (χ2n) is 19.7. The van der Waals surface area contributed by atoms with E-state index < -0.39 is 50.6 Å². The summed E-state index contributed by atoms with van der Waals surface area (Å²) in [6.07, 6.45) is 5.69. The number of halogens is 5. The van der Waals surface area contributed by atoms with E-state index in [1.807, 2.05) is 0 Å². The van der Waals surface area contributed by atoms with E-state index >= 15 is 0 Å². The number of anilines is 2. The van der Waals surface area contributed by atoms with Gasteiger partial charge in [-0.3, -0.25) is 27.0 Å². The zero-order valence-corrected chi connectivity index (χ0v) is 50.3. The number of amides is 2. The van der Waals surface area contributed by atoms with E-state index in [2.05, 4.69) is 47.0 Å². The Hall–Kier alpha value is -9.74. The molecule has 6 aromatic heterocycles. The topological polar surface area (TPSA) is 260 Å². The lowest BCUT2D eigenvalue weighted by atomic mass is 9.80. The standard InChI is InChI=1S/C30H23F2N5O4S.C24H19BrFN5O4S.C6H6BFO2/c1-33-30(38)27-23-14-22(19-8-13-26-34-35-29(37(26)16-19)18-6-11-21(32)12-7-18)24(36(2)42(3,39)40)15-25(23)41-28(27)17-4-9-20(31)10-5-17;1-27-23(32)21-17-10-16(14-6-9-20-28-29-24(25)31(20)12-14)18(30(2)36(3,33)34)11-19(17)35-22(21)13-4-7-15(26)8-5-13;8-6-3-1-5(2-4-6)7(9)10/h4-16H,1-3H3,(H,33,38);4-12H,1-3H3,(H,27,32);1-4,9-10H. The van der Waals surface area contributed by atoms with Crippen molar-refractivity contribution in [3.8, 4) is 56.3 Å². The summed E-state index contributed by atoms with van der Waals surface area (Å²) in [7, 11) is -3.03. The molecule has 6 aromatic carbocycles. The van der Waals surface area contributed by atoms with Crippen LogP contribution in [0.2, 0.25) is 0 Å². The fourth-order valence-electron chi connectivity index (χ4n) is 9.42. The normalized spacial score (nSPS) is 11.5. The molecule has 0 radical (unpaired) electrons. The van der Waals surface area contributed by atoms with Gasteiger partial charge in [0.1, 0.15) is 46.0 Å². The number of carbonyl (C=O) groups is 2. The van der Waals surface area contributed by atoms with Crippen LogP contribution in [0, 0.1) is 23.3 Å². The monoisotopic (exact) mass is 1300 g/mol. The third-order valence-electron chi connectivity index (χ3n) is 14.1. The first-order chi connectivity index (χ1) is 41.8. The Labute approximate surface area is 507 Å². The van der Waals surface area contributed by atoms with Gasteiger partial charge in [0.2, 0.25) is 24.8 Å². The van der Waals surface area contributed by atoms with E-state index in [1.54, 1.807) is 81.9 Å². The van der Waals surface area contributed by atoms with E-state index in [-0.39, 0.29) is 39.9 Å². The molecular weight excluding hydrogens is 1250 g/mol. The number of rotatable bonds is 12. The third-order valence-corrected chi connectivity index (χ3v) is 17.0. The lowest BCUT2D eigenvalue weighted by molar-refractivity contribution is 0.0956. The molecule has 6 heterocycles. The van der Waals surface area contributed by atoms with Crippen molar-refractivity contribution in [2.45, 2.75) is 0 Å². The molecule has 0 aliphatic heterocycles. The predicted molar refractivity (Wildman–Crippen MR) is 330 cm³/mol. The molecule has 0 aliphatic carbocycles. The van der Waals surface area contributed by atoms with Crippen LogP contribution in [0.15, 0.2) is 172 Å². The molecule has 0 atom stereocenters. The number of carbonyl (C=O) groups excluding carboxylic acids is 2. The summed E-state index contributed by atoms with van der Waals surface area (Å²) in [6, 6.07) is 35.5. The number of sulfonamides is 2. The fourth-order valence-corrected chi connectivity index (χ4v) is 10.8. The number of benzene rings is 6. The van der Waals surface area contributed by atoms with Crippen molar-refractivity contribution in [3.63, 3.8) is 0 Å². The minimum atomic E-state index is -3.72. The lowest BCUT2D eigenvalue weighted by Crippen LogP contribution is -2.29. The Morgan fingerprint density at radius 1 is 0.523 bits per heavy atom. The Balaban J connectivity index is 0.000000169. The fraction of sp³-hybridized carbons (Fsp3) is 0.100. The molecule has 448 valence electrons. The Morgan fingerprint density at radius 3 is 1.28 bits per heavy atom. The van der Waals surface area contributed by atoms with Crippen LogP contribution in [-0.4, -0.2) is 116 Å². The minimum absolute atomic E-state index is 0.210. The molecule has 0 saturated heterocycles. The van der Waals surface area contributed by atoms with Crippen molar-refractivity contribution in [2.24, 2.45) is 0 Å². The van der Waals surface area contributed by atoms with Crippen molar-refractivity contribution in [1.82, 2.24) is 39.8 Å². The summed E-state index contributed by atoms with van der Waals surface area (Å²) in [4.78, 5) is 26.1. The molecule has 0 fully saturated rings. The number of pyridine rings is 2. The van der Waals surface area contributed by atoms with Crippen LogP contribution in [0.4, 0.5) is 28.9 Å².